The van der Waals surface area contributed by atoms with Crippen LogP contribution >= 0.6 is 11.6 Å². The number of ether oxygens (including phenoxy) is 1. The largest absolute Gasteiger partial charge is 0.449 e. The fourth-order valence-electron chi connectivity index (χ4n) is 1.75. The first-order chi connectivity index (χ1) is 11.3. The van der Waals surface area contributed by atoms with Crippen molar-refractivity contribution in [1.29, 1.82) is 0 Å². The van der Waals surface area contributed by atoms with Crippen molar-refractivity contribution in [3.8, 4) is 0 Å². The van der Waals surface area contributed by atoms with Gasteiger partial charge in [0.2, 0.25) is 0 Å². The monoisotopic (exact) mass is 357 g/mol. The summed E-state index contributed by atoms with van der Waals surface area (Å²) in [4.78, 5) is 23.8. The lowest BCUT2D eigenvalue weighted by Crippen LogP contribution is -2.30. The summed E-state index contributed by atoms with van der Waals surface area (Å²) in [6.07, 6.45) is -1.32. The number of hydrogen-bond acceptors (Lipinski definition) is 3. The lowest BCUT2D eigenvalue weighted by molar-refractivity contribution is -0.123. The molecule has 0 aliphatic rings. The Hall–Kier alpha value is -2.54. The quantitative estimate of drug-likeness (QED) is 0.666. The second-order valence-corrected chi connectivity index (χ2v) is 5.17. The van der Waals surface area contributed by atoms with E-state index in [4.69, 9.17) is 16.3 Å². The van der Waals surface area contributed by atoms with Gasteiger partial charge in [-0.3, -0.25) is 4.79 Å². The molecule has 126 valence electrons. The van der Waals surface area contributed by atoms with E-state index in [1.165, 1.54) is 25.1 Å². The van der Waals surface area contributed by atoms with Crippen LogP contribution in [0.25, 0.3) is 0 Å². The van der Waals surface area contributed by atoms with Crippen molar-refractivity contribution in [1.82, 2.24) is 0 Å². The topological polar surface area (TPSA) is 55.4 Å². The number of hydrogen-bond donors (Lipinski definition) is 1. The van der Waals surface area contributed by atoms with Crippen molar-refractivity contribution in [3.05, 3.63) is 64.4 Å². The van der Waals surface area contributed by atoms with Gasteiger partial charge < -0.3 is 10.1 Å². The molecule has 0 aliphatic carbocycles. The molecular formula is C16H11ClF3NO3. The highest BCUT2D eigenvalue weighted by Crippen LogP contribution is 2.21. The van der Waals surface area contributed by atoms with Gasteiger partial charge in [-0.25, -0.2) is 18.0 Å². The van der Waals surface area contributed by atoms with Crippen LogP contribution in [0.4, 0.5) is 18.9 Å². The van der Waals surface area contributed by atoms with Gasteiger partial charge in [-0.05, 0) is 31.2 Å². The van der Waals surface area contributed by atoms with Gasteiger partial charge in [0.15, 0.2) is 17.7 Å². The molecule has 1 atom stereocenters. The number of nitrogens with one attached hydrogen (secondary N) is 1. The van der Waals surface area contributed by atoms with E-state index in [-0.39, 0.29) is 10.7 Å². The maximum Gasteiger partial charge on any atom is 0.340 e. The molecular weight excluding hydrogens is 347 g/mol. The Kier molecular flexibility index (Phi) is 5.46. The second kappa shape index (κ2) is 7.35. The van der Waals surface area contributed by atoms with E-state index in [0.717, 1.165) is 6.07 Å². The Morgan fingerprint density at radius 1 is 1.08 bits per heavy atom. The van der Waals surface area contributed by atoms with E-state index in [1.54, 1.807) is 0 Å². The molecule has 1 amide bonds. The molecule has 0 spiro atoms. The molecule has 0 bridgehead atoms. The van der Waals surface area contributed by atoms with Crippen molar-refractivity contribution in [2.45, 2.75) is 13.0 Å². The van der Waals surface area contributed by atoms with Crippen LogP contribution in [0.2, 0.25) is 5.02 Å². The van der Waals surface area contributed by atoms with Gasteiger partial charge in [0.25, 0.3) is 5.91 Å². The van der Waals surface area contributed by atoms with Crippen LogP contribution < -0.4 is 5.32 Å². The molecule has 0 saturated carbocycles. The first-order valence-corrected chi connectivity index (χ1v) is 7.08. The fraction of sp³-hybridized carbons (Fsp3) is 0.125. The van der Waals surface area contributed by atoms with Crippen molar-refractivity contribution in [3.63, 3.8) is 0 Å². The van der Waals surface area contributed by atoms with Crippen molar-refractivity contribution in [2.75, 3.05) is 5.32 Å². The molecule has 24 heavy (non-hydrogen) atoms. The van der Waals surface area contributed by atoms with Crippen LogP contribution in [0.3, 0.4) is 0 Å². The second-order valence-electron chi connectivity index (χ2n) is 4.76. The van der Waals surface area contributed by atoms with Crippen LogP contribution in [0.15, 0.2) is 36.4 Å². The van der Waals surface area contributed by atoms with Gasteiger partial charge in [0.05, 0.1) is 16.3 Å². The molecule has 0 radical (unpaired) electrons. The lowest BCUT2D eigenvalue weighted by atomic mass is 10.2. The number of carbonyl (C=O) groups is 2. The lowest BCUT2D eigenvalue weighted by Gasteiger charge is -2.14. The highest BCUT2D eigenvalue weighted by molar-refractivity contribution is 6.33. The smallest absolute Gasteiger partial charge is 0.340 e. The van der Waals surface area contributed by atoms with Gasteiger partial charge in [-0.2, -0.15) is 0 Å². The molecule has 0 saturated heterocycles. The Balaban J connectivity index is 2.07. The minimum atomic E-state index is -1.32. The van der Waals surface area contributed by atoms with Gasteiger partial charge in [0.1, 0.15) is 5.82 Å². The molecule has 4 nitrogen and oxygen atoms in total. The van der Waals surface area contributed by atoms with Gasteiger partial charge in [-0.15, -0.1) is 0 Å². The molecule has 0 heterocycles. The third-order valence-electron chi connectivity index (χ3n) is 3.01. The average Bonchev–Trinajstić information content (AvgIpc) is 2.52. The number of anilines is 1. The maximum absolute atomic E-state index is 13.5. The summed E-state index contributed by atoms with van der Waals surface area (Å²) in [6.45, 7) is 1.24. The minimum absolute atomic E-state index is 0.0868. The van der Waals surface area contributed by atoms with Crippen molar-refractivity contribution in [2.24, 2.45) is 0 Å². The van der Waals surface area contributed by atoms with E-state index >= 15 is 0 Å². The summed E-state index contributed by atoms with van der Waals surface area (Å²) in [6, 6.07) is 6.62. The first-order valence-electron chi connectivity index (χ1n) is 6.70. The predicted molar refractivity (Wildman–Crippen MR) is 81.3 cm³/mol. The van der Waals surface area contributed by atoms with Gasteiger partial charge in [-0.1, -0.05) is 23.7 Å². The molecule has 0 aromatic heterocycles. The highest BCUT2D eigenvalue weighted by atomic mass is 35.5. The molecule has 8 heteroatoms. The van der Waals surface area contributed by atoms with Crippen LogP contribution in [0, 0.1) is 17.5 Å². The average molecular weight is 358 g/mol. The summed E-state index contributed by atoms with van der Waals surface area (Å²) in [5, 5.41) is 1.88. The summed E-state index contributed by atoms with van der Waals surface area (Å²) in [7, 11) is 0. The summed E-state index contributed by atoms with van der Waals surface area (Å²) >= 11 is 5.65. The SMILES string of the molecule is C[C@H](OC(=O)c1cc(F)c(F)cc1Cl)C(=O)Nc1ccccc1F. The van der Waals surface area contributed by atoms with E-state index in [2.05, 4.69) is 5.32 Å². The normalized spacial score (nSPS) is 11.7. The summed E-state index contributed by atoms with van der Waals surface area (Å²) < 4.78 is 44.5. The molecule has 0 fully saturated rings. The summed E-state index contributed by atoms with van der Waals surface area (Å²) in [5.74, 6) is -5.08. The third kappa shape index (κ3) is 4.05. The molecule has 2 aromatic rings. The number of amides is 1. The number of halogens is 4. The predicted octanol–water partition coefficient (Wildman–Crippen LogP) is 3.94. The van der Waals surface area contributed by atoms with E-state index in [0.29, 0.717) is 12.1 Å². The van der Waals surface area contributed by atoms with E-state index < -0.39 is 41.0 Å². The standard InChI is InChI=1S/C16H11ClF3NO3/c1-8(15(22)21-14-5-3-2-4-11(14)18)24-16(23)9-6-12(19)13(20)7-10(9)17/h2-8H,1H3,(H,21,22)/t8-/m0/s1. The fourth-order valence-corrected chi connectivity index (χ4v) is 1.98. The molecule has 2 aromatic carbocycles. The zero-order valence-corrected chi connectivity index (χ0v) is 13.0. The van der Waals surface area contributed by atoms with Gasteiger partial charge in [0, 0.05) is 0 Å². The number of esters is 1. The van der Waals surface area contributed by atoms with Crippen LogP contribution in [-0.2, 0) is 9.53 Å². The minimum Gasteiger partial charge on any atom is -0.449 e. The Bertz CT molecular complexity index is 798. The third-order valence-corrected chi connectivity index (χ3v) is 3.33. The Morgan fingerprint density at radius 2 is 1.71 bits per heavy atom. The Labute approximate surface area is 140 Å². The van der Waals surface area contributed by atoms with Crippen molar-refractivity contribution >= 4 is 29.2 Å². The van der Waals surface area contributed by atoms with Crippen LogP contribution in [-0.4, -0.2) is 18.0 Å². The van der Waals surface area contributed by atoms with Crippen LogP contribution in [0.1, 0.15) is 17.3 Å². The first kappa shape index (κ1) is 17.8. The number of rotatable bonds is 4. The zero-order chi connectivity index (χ0) is 17.9. The van der Waals surface area contributed by atoms with Crippen molar-refractivity contribution < 1.29 is 27.5 Å². The van der Waals surface area contributed by atoms with E-state index in [1.807, 2.05) is 0 Å². The number of benzene rings is 2. The number of carbonyl (C=O) groups excluding carboxylic acids is 2. The zero-order valence-electron chi connectivity index (χ0n) is 12.3. The van der Waals surface area contributed by atoms with Crippen LogP contribution in [0.5, 0.6) is 0 Å². The Morgan fingerprint density at radius 3 is 2.38 bits per heavy atom. The van der Waals surface area contributed by atoms with Gasteiger partial charge >= 0.3 is 5.97 Å². The summed E-state index contributed by atoms with van der Waals surface area (Å²) in [5.41, 5.74) is -0.516. The molecule has 0 unspecified atom stereocenters. The molecule has 0 aliphatic heterocycles. The number of para-hydroxylation sites is 1. The molecule has 2 rings (SSSR count). The van der Waals surface area contributed by atoms with E-state index in [9.17, 15) is 22.8 Å². The highest BCUT2D eigenvalue weighted by Gasteiger charge is 2.22. The molecule has 1 N–H and O–H groups in total. The maximum atomic E-state index is 13.5.